The molecule has 0 spiro atoms. The van der Waals surface area contributed by atoms with E-state index in [4.69, 9.17) is 5.84 Å². The Hall–Kier alpha value is -2.48. The number of fused-ring (bicyclic) bond motifs is 3. The quantitative estimate of drug-likeness (QED) is 0.658. The minimum absolute atomic E-state index is 1.02. The summed E-state index contributed by atoms with van der Waals surface area (Å²) in [6, 6.07) is 12.6. The smallest absolute Gasteiger partial charge is 0.0709 e. The summed E-state index contributed by atoms with van der Waals surface area (Å²) in [6.07, 6.45) is 5.86. The molecular formula is C17H16N2. The Morgan fingerprint density at radius 3 is 2.68 bits per heavy atom. The number of hydrogen-bond donors (Lipinski definition) is 1. The van der Waals surface area contributed by atoms with Gasteiger partial charge in [0.2, 0.25) is 0 Å². The Labute approximate surface area is 111 Å². The van der Waals surface area contributed by atoms with E-state index in [1.165, 1.54) is 16.2 Å². The zero-order chi connectivity index (χ0) is 13.4. The second-order valence-corrected chi connectivity index (χ2v) is 4.54. The molecule has 0 fully saturated rings. The van der Waals surface area contributed by atoms with Crippen LogP contribution in [-0.4, -0.2) is 4.68 Å². The number of aromatic nitrogens is 1. The Morgan fingerprint density at radius 1 is 1.16 bits per heavy atom. The van der Waals surface area contributed by atoms with Crippen molar-refractivity contribution in [2.75, 3.05) is 5.84 Å². The summed E-state index contributed by atoms with van der Waals surface area (Å²) < 4.78 is 1.75. The minimum atomic E-state index is 1.02. The van der Waals surface area contributed by atoms with Crippen LogP contribution < -0.4 is 16.4 Å². The molecule has 0 aliphatic rings. The number of rotatable bonds is 1. The molecule has 2 N–H and O–H groups in total. The van der Waals surface area contributed by atoms with E-state index in [9.17, 15) is 0 Å². The van der Waals surface area contributed by atoms with Crippen LogP contribution in [-0.2, 0) is 0 Å². The highest BCUT2D eigenvalue weighted by molar-refractivity contribution is 6.07. The monoisotopic (exact) mass is 248 g/mol. The van der Waals surface area contributed by atoms with Gasteiger partial charge in [-0.3, -0.25) is 4.68 Å². The lowest BCUT2D eigenvalue weighted by Crippen LogP contribution is -2.33. The fraction of sp³-hybridized carbons (Fsp3) is 0.0588. The van der Waals surface area contributed by atoms with Gasteiger partial charge in [-0.1, -0.05) is 55.1 Å². The highest BCUT2D eigenvalue weighted by Gasteiger charge is 2.07. The summed E-state index contributed by atoms with van der Waals surface area (Å²) in [5.74, 6) is 6.20. The molecule has 3 rings (SSSR count). The third-order valence-electron chi connectivity index (χ3n) is 3.53. The average Bonchev–Trinajstić information content (AvgIpc) is 2.72. The van der Waals surface area contributed by atoms with Gasteiger partial charge in [0.15, 0.2) is 0 Å². The Kier molecular flexibility index (Phi) is 2.64. The fourth-order valence-electron chi connectivity index (χ4n) is 2.71. The van der Waals surface area contributed by atoms with Crippen LogP contribution in [0.3, 0.4) is 0 Å². The molecule has 0 saturated carbocycles. The fourth-order valence-corrected chi connectivity index (χ4v) is 2.71. The first kappa shape index (κ1) is 11.6. The minimum Gasteiger partial charge on any atom is -0.339 e. The summed E-state index contributed by atoms with van der Waals surface area (Å²) in [5.41, 5.74) is 1.04. The first-order valence-corrected chi connectivity index (χ1v) is 6.34. The van der Waals surface area contributed by atoms with E-state index in [-0.39, 0.29) is 0 Å². The summed E-state index contributed by atoms with van der Waals surface area (Å²) in [6.45, 7) is 5.81. The molecule has 1 heterocycles. The van der Waals surface area contributed by atoms with Crippen LogP contribution in [0.4, 0.5) is 0 Å². The van der Waals surface area contributed by atoms with Crippen molar-refractivity contribution >= 4 is 33.8 Å². The Morgan fingerprint density at radius 2 is 1.95 bits per heavy atom. The summed E-state index contributed by atoms with van der Waals surface area (Å²) >= 11 is 0. The molecule has 1 aromatic heterocycles. The van der Waals surface area contributed by atoms with Gasteiger partial charge in [-0.05, 0) is 23.8 Å². The number of benzene rings is 2. The first-order chi connectivity index (χ1) is 9.27. The number of nitrogens with zero attached hydrogens (tertiary/aromatic N) is 1. The summed E-state index contributed by atoms with van der Waals surface area (Å²) in [4.78, 5) is 0. The second-order valence-electron chi connectivity index (χ2n) is 4.54. The molecule has 2 heteroatoms. The van der Waals surface area contributed by atoms with Crippen molar-refractivity contribution < 1.29 is 0 Å². The number of nitrogen functional groups attached to an aromatic ring is 1. The Balaban J connectivity index is 2.74. The van der Waals surface area contributed by atoms with Gasteiger partial charge < -0.3 is 5.84 Å². The predicted octanol–water partition coefficient (Wildman–Crippen LogP) is 2.28. The summed E-state index contributed by atoms with van der Waals surface area (Å²) in [7, 11) is 0. The molecule has 3 aromatic rings. The molecule has 0 aliphatic carbocycles. The van der Waals surface area contributed by atoms with Crippen LogP contribution in [0.5, 0.6) is 0 Å². The van der Waals surface area contributed by atoms with E-state index in [1.807, 2.05) is 25.2 Å². The molecule has 94 valence electrons. The van der Waals surface area contributed by atoms with Crippen LogP contribution in [0, 0.1) is 0 Å². The molecule has 0 radical (unpaired) electrons. The molecule has 2 aromatic carbocycles. The van der Waals surface area contributed by atoms with Crippen LogP contribution in [0.2, 0.25) is 0 Å². The van der Waals surface area contributed by atoms with Gasteiger partial charge in [-0.25, -0.2) is 0 Å². The first-order valence-electron chi connectivity index (χ1n) is 6.34. The standard InChI is InChI=1S/C17H16N2/c1-3-7-14-15(4-2)19(18)16-11-10-12-8-5-6-9-13(12)17(14)16/h3-11H,1,18H2,2H3/b14-7+,15-4+. The molecule has 0 bridgehead atoms. The zero-order valence-electron chi connectivity index (χ0n) is 10.9. The van der Waals surface area contributed by atoms with Gasteiger partial charge in [0.05, 0.1) is 10.9 Å². The lowest BCUT2D eigenvalue weighted by atomic mass is 10.1. The van der Waals surface area contributed by atoms with Crippen molar-refractivity contribution in [1.82, 2.24) is 4.68 Å². The van der Waals surface area contributed by atoms with Gasteiger partial charge in [0.25, 0.3) is 0 Å². The average molecular weight is 248 g/mol. The van der Waals surface area contributed by atoms with Crippen LogP contribution in [0.15, 0.2) is 49.1 Å². The molecule has 0 amide bonds. The molecule has 2 nitrogen and oxygen atoms in total. The van der Waals surface area contributed by atoms with E-state index in [0.717, 1.165) is 16.1 Å². The number of allylic oxidation sites excluding steroid dienone is 1. The molecule has 0 atom stereocenters. The van der Waals surface area contributed by atoms with Gasteiger partial charge in [0.1, 0.15) is 0 Å². The van der Waals surface area contributed by atoms with Crippen molar-refractivity contribution in [3.8, 4) is 0 Å². The van der Waals surface area contributed by atoms with Crippen molar-refractivity contribution in [2.45, 2.75) is 6.92 Å². The van der Waals surface area contributed by atoms with Crippen molar-refractivity contribution in [2.24, 2.45) is 0 Å². The van der Waals surface area contributed by atoms with Gasteiger partial charge in [-0.15, -0.1) is 0 Å². The normalized spacial score (nSPS) is 13.5. The molecular weight excluding hydrogens is 232 g/mol. The van der Waals surface area contributed by atoms with Crippen LogP contribution in [0.1, 0.15) is 6.92 Å². The second kappa shape index (κ2) is 4.32. The van der Waals surface area contributed by atoms with Gasteiger partial charge in [0, 0.05) is 10.6 Å². The molecule has 19 heavy (non-hydrogen) atoms. The molecule has 0 saturated heterocycles. The van der Waals surface area contributed by atoms with Gasteiger partial charge in [-0.2, -0.15) is 0 Å². The van der Waals surface area contributed by atoms with E-state index < -0.39 is 0 Å². The van der Waals surface area contributed by atoms with Crippen molar-refractivity contribution in [3.63, 3.8) is 0 Å². The lowest BCUT2D eigenvalue weighted by molar-refractivity contribution is 1.01. The van der Waals surface area contributed by atoms with E-state index in [0.29, 0.717) is 0 Å². The molecule has 0 unspecified atom stereocenters. The SMILES string of the molecule is C=C/C=c1\c(=C/C)n(N)c2ccc3ccccc3c12. The topological polar surface area (TPSA) is 30.9 Å². The van der Waals surface area contributed by atoms with E-state index >= 15 is 0 Å². The van der Waals surface area contributed by atoms with Gasteiger partial charge >= 0.3 is 0 Å². The zero-order valence-corrected chi connectivity index (χ0v) is 10.9. The lowest BCUT2D eigenvalue weighted by Gasteiger charge is -2.00. The maximum atomic E-state index is 6.20. The highest BCUT2D eigenvalue weighted by atomic mass is 15.3. The number of nitrogens with two attached hydrogens (primary N) is 1. The van der Waals surface area contributed by atoms with E-state index in [2.05, 4.69) is 43.0 Å². The van der Waals surface area contributed by atoms with Crippen molar-refractivity contribution in [1.29, 1.82) is 0 Å². The predicted molar refractivity (Wildman–Crippen MR) is 83.6 cm³/mol. The van der Waals surface area contributed by atoms with E-state index in [1.54, 1.807) is 4.68 Å². The third-order valence-corrected chi connectivity index (χ3v) is 3.53. The molecule has 0 aliphatic heterocycles. The summed E-state index contributed by atoms with van der Waals surface area (Å²) in [5, 5.41) is 5.79. The Bertz CT molecular complexity index is 898. The largest absolute Gasteiger partial charge is 0.339 e. The van der Waals surface area contributed by atoms with Crippen LogP contribution in [0.25, 0.3) is 33.8 Å². The van der Waals surface area contributed by atoms with Crippen molar-refractivity contribution in [3.05, 3.63) is 59.6 Å². The number of hydrogen-bond acceptors (Lipinski definition) is 1. The maximum Gasteiger partial charge on any atom is 0.0709 e. The maximum absolute atomic E-state index is 6.20. The highest BCUT2D eigenvalue weighted by Crippen LogP contribution is 2.21. The third kappa shape index (κ3) is 1.57. The van der Waals surface area contributed by atoms with Crippen LogP contribution >= 0.6 is 0 Å².